The van der Waals surface area contributed by atoms with Crippen molar-refractivity contribution in [1.29, 1.82) is 5.26 Å². The number of benzene rings is 1. The molecule has 0 amide bonds. The summed E-state index contributed by atoms with van der Waals surface area (Å²) < 4.78 is 34.3. The molecule has 11 heteroatoms. The minimum Gasteiger partial charge on any atom is -0.379 e. The molecule has 160 valence electrons. The largest absolute Gasteiger partial charge is 0.379 e. The summed E-state index contributed by atoms with van der Waals surface area (Å²) in [4.78, 5) is 24.4. The Balaban J connectivity index is 1.88. The third-order valence-corrected chi connectivity index (χ3v) is 6.87. The third kappa shape index (κ3) is 4.30. The number of morpholine rings is 1. The minimum atomic E-state index is -3.52. The van der Waals surface area contributed by atoms with Crippen molar-refractivity contribution in [3.05, 3.63) is 61.8 Å². The highest BCUT2D eigenvalue weighted by molar-refractivity contribution is 7.88. The van der Waals surface area contributed by atoms with Gasteiger partial charge in [-0.1, -0.05) is 24.3 Å². The van der Waals surface area contributed by atoms with Crippen LogP contribution in [0.2, 0.25) is 0 Å². The normalized spacial score (nSPS) is 15.0. The Labute approximate surface area is 174 Å². The van der Waals surface area contributed by atoms with Crippen molar-refractivity contribution < 1.29 is 13.2 Å². The summed E-state index contributed by atoms with van der Waals surface area (Å²) in [5, 5.41) is 12.3. The molecule has 0 aliphatic carbocycles. The number of aromatic nitrogens is 2. The summed E-state index contributed by atoms with van der Waals surface area (Å²) in [6, 6.07) is 8.85. The average Bonchev–Trinajstić information content (AvgIpc) is 2.75. The van der Waals surface area contributed by atoms with Crippen LogP contribution in [0.3, 0.4) is 0 Å². The maximum absolute atomic E-state index is 12.8. The highest BCUT2D eigenvalue weighted by Crippen LogP contribution is 2.18. The van der Waals surface area contributed by atoms with Gasteiger partial charge in [0.2, 0.25) is 10.0 Å². The molecular weight excluding hydrogens is 410 g/mol. The van der Waals surface area contributed by atoms with Crippen LogP contribution in [0, 0.1) is 11.3 Å². The van der Waals surface area contributed by atoms with E-state index in [2.05, 4.69) is 5.32 Å². The Kier molecular flexibility index (Phi) is 6.40. The van der Waals surface area contributed by atoms with Crippen LogP contribution in [-0.4, -0.2) is 48.2 Å². The number of nitrogens with one attached hydrogen (secondary N) is 1. The van der Waals surface area contributed by atoms with Gasteiger partial charge in [0, 0.05) is 33.7 Å². The fourth-order valence-corrected chi connectivity index (χ4v) is 4.88. The molecule has 0 bridgehead atoms. The Morgan fingerprint density at radius 1 is 1.10 bits per heavy atom. The predicted molar refractivity (Wildman–Crippen MR) is 110 cm³/mol. The van der Waals surface area contributed by atoms with Gasteiger partial charge >= 0.3 is 5.69 Å². The first kappa shape index (κ1) is 21.8. The van der Waals surface area contributed by atoms with Crippen LogP contribution in [0.15, 0.2) is 33.9 Å². The lowest BCUT2D eigenvalue weighted by atomic mass is 10.1. The zero-order chi connectivity index (χ0) is 21.9. The van der Waals surface area contributed by atoms with Crippen LogP contribution in [0.5, 0.6) is 0 Å². The highest BCUT2D eigenvalue weighted by Gasteiger charge is 2.25. The van der Waals surface area contributed by atoms with Gasteiger partial charge in [-0.15, -0.1) is 0 Å². The van der Waals surface area contributed by atoms with Gasteiger partial charge in [-0.3, -0.25) is 13.9 Å². The number of sulfonamides is 1. The van der Waals surface area contributed by atoms with E-state index >= 15 is 0 Å². The van der Waals surface area contributed by atoms with Crippen LogP contribution in [-0.2, 0) is 41.2 Å². The topological polar surface area (TPSA) is 126 Å². The van der Waals surface area contributed by atoms with Crippen LogP contribution in [0.25, 0.3) is 0 Å². The molecule has 2 heterocycles. The molecule has 1 N–H and O–H groups in total. The van der Waals surface area contributed by atoms with Crippen molar-refractivity contribution >= 4 is 15.8 Å². The molecule has 0 atom stereocenters. The van der Waals surface area contributed by atoms with Crippen molar-refractivity contribution in [3.8, 4) is 6.07 Å². The van der Waals surface area contributed by atoms with E-state index in [9.17, 15) is 23.3 Å². The second-order valence-electron chi connectivity index (χ2n) is 6.93. The summed E-state index contributed by atoms with van der Waals surface area (Å²) in [5.74, 6) is -0.0812. The summed E-state index contributed by atoms with van der Waals surface area (Å²) in [6.07, 6.45) is 0. The highest BCUT2D eigenvalue weighted by atomic mass is 32.2. The van der Waals surface area contributed by atoms with Crippen molar-refractivity contribution in [2.75, 3.05) is 31.6 Å². The fraction of sp³-hybridized carbons (Fsp3) is 0.421. The maximum atomic E-state index is 12.8. The van der Waals surface area contributed by atoms with Gasteiger partial charge in [-0.25, -0.2) is 13.2 Å². The molecule has 30 heavy (non-hydrogen) atoms. The number of ether oxygens (including phenoxy) is 1. The van der Waals surface area contributed by atoms with E-state index in [0.717, 1.165) is 4.57 Å². The van der Waals surface area contributed by atoms with Gasteiger partial charge < -0.3 is 10.1 Å². The van der Waals surface area contributed by atoms with E-state index in [4.69, 9.17) is 4.74 Å². The minimum absolute atomic E-state index is 0.0939. The lowest BCUT2D eigenvalue weighted by Crippen LogP contribution is -2.41. The van der Waals surface area contributed by atoms with Gasteiger partial charge in [-0.05, 0) is 11.1 Å². The first-order chi connectivity index (χ1) is 14.3. The van der Waals surface area contributed by atoms with Crippen molar-refractivity contribution in [2.45, 2.75) is 12.3 Å². The molecule has 1 aromatic heterocycles. The summed E-state index contributed by atoms with van der Waals surface area (Å²) >= 11 is 0. The second-order valence-corrected chi connectivity index (χ2v) is 8.90. The molecule has 0 saturated carbocycles. The van der Waals surface area contributed by atoms with Crippen LogP contribution in [0.4, 0.5) is 5.82 Å². The van der Waals surface area contributed by atoms with E-state index in [-0.39, 0.29) is 23.7 Å². The van der Waals surface area contributed by atoms with Gasteiger partial charge in [0.25, 0.3) is 5.56 Å². The van der Waals surface area contributed by atoms with Crippen LogP contribution >= 0.6 is 0 Å². The van der Waals surface area contributed by atoms with Gasteiger partial charge in [0.05, 0.1) is 19.0 Å². The standard InChI is InChI=1S/C19H23N5O5S/c1-22-17(16(11-20)18(25)23(2)19(22)26)21-12-14-5-3-4-6-15(14)13-30(27,28)24-7-9-29-10-8-24/h3-6,21H,7-10,12-13H2,1-2H3. The number of rotatable bonds is 6. The van der Waals surface area contributed by atoms with Crippen molar-refractivity contribution in [1.82, 2.24) is 13.4 Å². The first-order valence-electron chi connectivity index (χ1n) is 9.32. The molecule has 10 nitrogen and oxygen atoms in total. The smallest absolute Gasteiger partial charge is 0.332 e. The van der Waals surface area contributed by atoms with E-state index < -0.39 is 21.3 Å². The number of anilines is 1. The predicted octanol–water partition coefficient (Wildman–Crippen LogP) is -0.270. The fourth-order valence-electron chi connectivity index (χ4n) is 3.31. The molecule has 1 aromatic carbocycles. The van der Waals surface area contributed by atoms with E-state index in [0.29, 0.717) is 37.4 Å². The first-order valence-corrected chi connectivity index (χ1v) is 10.9. The quantitative estimate of drug-likeness (QED) is 0.664. The molecular formula is C19H23N5O5S. The molecule has 1 fully saturated rings. The van der Waals surface area contributed by atoms with Crippen molar-refractivity contribution in [3.63, 3.8) is 0 Å². The summed E-state index contributed by atoms with van der Waals surface area (Å²) in [5.41, 5.74) is -0.149. The average molecular weight is 433 g/mol. The molecule has 3 rings (SSSR count). The maximum Gasteiger partial charge on any atom is 0.332 e. The van der Waals surface area contributed by atoms with Gasteiger partial charge in [0.15, 0.2) is 5.56 Å². The van der Waals surface area contributed by atoms with Gasteiger partial charge in [-0.2, -0.15) is 9.57 Å². The third-order valence-electron chi connectivity index (χ3n) is 5.04. The monoisotopic (exact) mass is 433 g/mol. The lowest BCUT2D eigenvalue weighted by Gasteiger charge is -2.26. The Morgan fingerprint density at radius 3 is 2.37 bits per heavy atom. The molecule has 1 saturated heterocycles. The van der Waals surface area contributed by atoms with E-state index in [1.165, 1.54) is 23.0 Å². The van der Waals surface area contributed by atoms with Crippen LogP contribution in [0.1, 0.15) is 16.7 Å². The number of nitriles is 1. The lowest BCUT2D eigenvalue weighted by molar-refractivity contribution is 0.0729. The Hall–Kier alpha value is -2.94. The molecule has 1 aliphatic rings. The van der Waals surface area contributed by atoms with E-state index in [1.54, 1.807) is 24.3 Å². The summed E-state index contributed by atoms with van der Waals surface area (Å²) in [6.45, 7) is 1.53. The summed E-state index contributed by atoms with van der Waals surface area (Å²) in [7, 11) is -0.753. The Bertz CT molecular complexity index is 1200. The van der Waals surface area contributed by atoms with E-state index in [1.807, 2.05) is 6.07 Å². The second kappa shape index (κ2) is 8.83. The van der Waals surface area contributed by atoms with Crippen LogP contribution < -0.4 is 16.6 Å². The number of nitrogens with zero attached hydrogens (tertiary/aromatic N) is 4. The molecule has 0 unspecified atom stereocenters. The van der Waals surface area contributed by atoms with Crippen molar-refractivity contribution in [2.24, 2.45) is 14.1 Å². The molecule has 0 radical (unpaired) electrons. The zero-order valence-electron chi connectivity index (χ0n) is 16.8. The van der Waals surface area contributed by atoms with Gasteiger partial charge in [0.1, 0.15) is 11.9 Å². The number of hydrogen-bond acceptors (Lipinski definition) is 7. The SMILES string of the molecule is Cn1c(NCc2ccccc2CS(=O)(=O)N2CCOCC2)c(C#N)c(=O)n(C)c1=O. The number of hydrogen-bond donors (Lipinski definition) is 1. The zero-order valence-corrected chi connectivity index (χ0v) is 17.6. The molecule has 0 spiro atoms. The Morgan fingerprint density at radius 2 is 1.73 bits per heavy atom. The molecule has 2 aromatic rings. The molecule has 1 aliphatic heterocycles.